The minimum absolute atomic E-state index is 0. The molecule has 0 aromatic carbocycles. The second-order valence-electron chi connectivity index (χ2n) is 3.59. The predicted octanol–water partition coefficient (Wildman–Crippen LogP) is 2.27. The summed E-state index contributed by atoms with van der Waals surface area (Å²) in [6.07, 6.45) is 2.87. The van der Waals surface area contributed by atoms with E-state index >= 15 is 0 Å². The summed E-state index contributed by atoms with van der Waals surface area (Å²) >= 11 is 0. The van der Waals surface area contributed by atoms with Crippen LogP contribution in [0.1, 0.15) is 42.0 Å². The van der Waals surface area contributed by atoms with Crippen molar-refractivity contribution < 1.29 is 1.43 Å². The topological polar surface area (TPSA) is 15.3 Å². The van der Waals surface area contributed by atoms with Crippen LogP contribution in [0.2, 0.25) is 0 Å². The van der Waals surface area contributed by atoms with Crippen LogP contribution in [0.5, 0.6) is 0 Å². The van der Waals surface area contributed by atoms with Crippen molar-refractivity contribution in [3.8, 4) is 0 Å². The summed E-state index contributed by atoms with van der Waals surface area (Å²) in [7, 11) is 0. The molecule has 0 radical (unpaired) electrons. The molecule has 2 heteroatoms. The molecule has 1 aliphatic carbocycles. The lowest BCUT2D eigenvalue weighted by Crippen LogP contribution is -2.64. The molecule has 0 spiro atoms. The van der Waals surface area contributed by atoms with Crippen LogP contribution in [0, 0.1) is 5.92 Å². The van der Waals surface area contributed by atoms with Crippen LogP contribution >= 0.6 is 0 Å². The lowest BCUT2D eigenvalue weighted by Gasteiger charge is -2.52. The maximum absolute atomic E-state index is 3.50. The third-order valence-corrected chi connectivity index (χ3v) is 3.01. The average molecular weight is 172 g/mol. The highest BCUT2D eigenvalue weighted by molar-refractivity contribution is 4.95. The molecule has 3 aliphatic rings. The molecular weight excluding hydrogens is 148 g/mol. The predicted molar refractivity (Wildman–Crippen MR) is 55.0 cm³/mol. The molecule has 2 heterocycles. The van der Waals surface area contributed by atoms with E-state index in [4.69, 9.17) is 0 Å². The van der Waals surface area contributed by atoms with Crippen LogP contribution in [-0.4, -0.2) is 23.6 Å². The Bertz CT molecular complexity index is 135. The van der Waals surface area contributed by atoms with Gasteiger partial charge in [-0.3, -0.25) is 5.43 Å². The molecule has 12 heavy (non-hydrogen) atoms. The van der Waals surface area contributed by atoms with Crippen molar-refractivity contribution in [2.45, 2.75) is 52.6 Å². The molecule has 2 saturated heterocycles. The highest BCUT2D eigenvalue weighted by Gasteiger charge is 2.41. The molecule has 74 valence electrons. The first kappa shape index (κ1) is 10.0. The minimum atomic E-state index is 0. The van der Waals surface area contributed by atoms with E-state index in [-0.39, 0.29) is 1.43 Å². The Balaban J connectivity index is 0.000000451. The number of nitrogens with zero attached hydrogens (tertiary/aromatic N) is 1. The van der Waals surface area contributed by atoms with E-state index < -0.39 is 0 Å². The van der Waals surface area contributed by atoms with Crippen molar-refractivity contribution in [3.63, 3.8) is 0 Å². The number of nitrogens with one attached hydrogen (secondary N) is 1. The molecular formula is C10H24N2. The molecule has 0 aromatic rings. The zero-order chi connectivity index (χ0) is 9.14. The van der Waals surface area contributed by atoms with Crippen LogP contribution in [0.25, 0.3) is 0 Å². The molecule has 3 rings (SSSR count). The summed E-state index contributed by atoms with van der Waals surface area (Å²) in [5.74, 6) is 0.979. The average Bonchev–Trinajstić information content (AvgIpc) is 2.05. The van der Waals surface area contributed by atoms with Crippen molar-refractivity contribution >= 4 is 0 Å². The fourth-order valence-corrected chi connectivity index (χ4v) is 2.11. The van der Waals surface area contributed by atoms with Gasteiger partial charge >= 0.3 is 0 Å². The fraction of sp³-hybridized carbons (Fsp3) is 1.00. The number of hydrogen-bond donors (Lipinski definition) is 1. The molecule has 1 saturated carbocycles. The summed E-state index contributed by atoms with van der Waals surface area (Å²) in [6, 6.07) is 1.59. The summed E-state index contributed by atoms with van der Waals surface area (Å²) < 4.78 is 0. The highest BCUT2D eigenvalue weighted by atomic mass is 15.5. The monoisotopic (exact) mass is 172 g/mol. The largest absolute Gasteiger partial charge is 0.252 e. The van der Waals surface area contributed by atoms with E-state index in [1.165, 1.54) is 12.8 Å². The lowest BCUT2D eigenvalue weighted by atomic mass is 9.74. The summed E-state index contributed by atoms with van der Waals surface area (Å²) in [6.45, 7) is 9.67. The molecule has 1 unspecified atom stereocenters. The van der Waals surface area contributed by atoms with Crippen LogP contribution < -0.4 is 5.43 Å². The van der Waals surface area contributed by atoms with Gasteiger partial charge in [0.05, 0.1) is 0 Å². The smallest absolute Gasteiger partial charge is 0.0250 e. The molecule has 0 amide bonds. The van der Waals surface area contributed by atoms with Gasteiger partial charge in [-0.15, -0.1) is 0 Å². The van der Waals surface area contributed by atoms with Crippen molar-refractivity contribution in [2.24, 2.45) is 5.92 Å². The number of rotatable bonds is 1. The Labute approximate surface area is 77.8 Å². The Morgan fingerprint density at radius 2 is 2.00 bits per heavy atom. The highest BCUT2D eigenvalue weighted by Crippen LogP contribution is 2.37. The first-order valence-corrected chi connectivity index (χ1v) is 5.34. The molecule has 1 N–H and O–H groups in total. The van der Waals surface area contributed by atoms with Crippen molar-refractivity contribution in [2.75, 3.05) is 6.54 Å². The molecule has 2 aliphatic heterocycles. The van der Waals surface area contributed by atoms with E-state index in [0.717, 1.165) is 24.5 Å². The van der Waals surface area contributed by atoms with E-state index in [1.54, 1.807) is 0 Å². The van der Waals surface area contributed by atoms with Crippen molar-refractivity contribution in [1.29, 1.82) is 0 Å². The maximum atomic E-state index is 3.50. The molecule has 3 fully saturated rings. The Hall–Kier alpha value is -0.0800. The van der Waals surface area contributed by atoms with Crippen LogP contribution in [0.15, 0.2) is 0 Å². The Kier molecular flexibility index (Phi) is 3.53. The van der Waals surface area contributed by atoms with Crippen LogP contribution in [-0.2, 0) is 0 Å². The van der Waals surface area contributed by atoms with Gasteiger partial charge in [-0.2, -0.15) is 0 Å². The van der Waals surface area contributed by atoms with E-state index in [0.29, 0.717) is 0 Å². The molecule has 2 nitrogen and oxygen atoms in total. The van der Waals surface area contributed by atoms with Gasteiger partial charge in [-0.25, -0.2) is 5.01 Å². The number of fused-ring (bicyclic) bond motifs is 2. The molecule has 0 aromatic heterocycles. The third-order valence-electron chi connectivity index (χ3n) is 3.01. The lowest BCUT2D eigenvalue weighted by molar-refractivity contribution is -0.0550. The number of hydrogen-bond acceptors (Lipinski definition) is 2. The van der Waals surface area contributed by atoms with Crippen LogP contribution in [0.4, 0.5) is 0 Å². The zero-order valence-corrected chi connectivity index (χ0v) is 8.80. The van der Waals surface area contributed by atoms with Gasteiger partial charge in [-0.05, 0) is 25.7 Å². The summed E-state index contributed by atoms with van der Waals surface area (Å²) in [5.41, 5.74) is 3.50. The minimum Gasteiger partial charge on any atom is -0.252 e. The fourth-order valence-electron chi connectivity index (χ4n) is 2.11. The zero-order valence-electron chi connectivity index (χ0n) is 8.80. The summed E-state index contributed by atoms with van der Waals surface area (Å²) in [4.78, 5) is 0. The normalized spacial score (nSPS) is 39.5. The molecule has 2 bridgehead atoms. The van der Waals surface area contributed by atoms with Gasteiger partial charge in [0.2, 0.25) is 0 Å². The second-order valence-corrected chi connectivity index (χ2v) is 3.59. The maximum Gasteiger partial charge on any atom is 0.0250 e. The Morgan fingerprint density at radius 1 is 1.42 bits per heavy atom. The first-order valence-electron chi connectivity index (χ1n) is 5.34. The van der Waals surface area contributed by atoms with Gasteiger partial charge in [-0.1, -0.05) is 20.8 Å². The van der Waals surface area contributed by atoms with Gasteiger partial charge in [0.1, 0.15) is 0 Å². The van der Waals surface area contributed by atoms with E-state index in [9.17, 15) is 0 Å². The Morgan fingerprint density at radius 3 is 2.33 bits per heavy atom. The van der Waals surface area contributed by atoms with Crippen molar-refractivity contribution in [3.05, 3.63) is 0 Å². The van der Waals surface area contributed by atoms with E-state index in [1.807, 2.05) is 13.8 Å². The first-order chi connectivity index (χ1) is 5.81. The van der Waals surface area contributed by atoms with Gasteiger partial charge in [0, 0.05) is 20.1 Å². The van der Waals surface area contributed by atoms with Crippen molar-refractivity contribution in [1.82, 2.24) is 10.4 Å². The molecule has 1 atom stereocenters. The van der Waals surface area contributed by atoms with Gasteiger partial charge < -0.3 is 0 Å². The van der Waals surface area contributed by atoms with Gasteiger partial charge in [0.15, 0.2) is 0 Å². The van der Waals surface area contributed by atoms with Gasteiger partial charge in [0.25, 0.3) is 0 Å². The standard InChI is InChI=1S/C8H16N2.C2H6.H2/c1-3-10-8-4-7(5-8)6(2)9-10;1-2;/h6-9H,3-5H2,1-2H3;1-2H3;1H. The quantitative estimate of drug-likeness (QED) is 0.652. The summed E-state index contributed by atoms with van der Waals surface area (Å²) in [5, 5.41) is 2.39. The number of hydrazine groups is 1. The SMILES string of the molecule is CC.CCN1NC(C)C2CC1C2.[HH]. The van der Waals surface area contributed by atoms with Crippen LogP contribution in [0.3, 0.4) is 0 Å². The third kappa shape index (κ3) is 1.64. The second kappa shape index (κ2) is 4.24. The van der Waals surface area contributed by atoms with E-state index in [2.05, 4.69) is 24.3 Å².